The van der Waals surface area contributed by atoms with Gasteiger partial charge in [0.05, 0.1) is 5.41 Å². The first-order valence-electron chi connectivity index (χ1n) is 6.73. The number of hydrogen-bond donors (Lipinski definition) is 2. The second-order valence-electron chi connectivity index (χ2n) is 5.24. The summed E-state index contributed by atoms with van der Waals surface area (Å²) in [5, 5.41) is 12.2. The van der Waals surface area contributed by atoms with Gasteiger partial charge in [0.25, 0.3) is 0 Å². The summed E-state index contributed by atoms with van der Waals surface area (Å²) in [6, 6.07) is -0.158. The lowest BCUT2D eigenvalue weighted by Crippen LogP contribution is -2.44. The third-order valence-corrected chi connectivity index (χ3v) is 3.90. The van der Waals surface area contributed by atoms with E-state index in [0.29, 0.717) is 32.5 Å². The van der Waals surface area contributed by atoms with Gasteiger partial charge in [0.1, 0.15) is 0 Å². The Bertz CT molecular complexity index is 335. The molecule has 1 aliphatic rings. The van der Waals surface area contributed by atoms with Gasteiger partial charge in [-0.2, -0.15) is 0 Å². The highest BCUT2D eigenvalue weighted by Crippen LogP contribution is 2.34. The van der Waals surface area contributed by atoms with Crippen LogP contribution in [0.2, 0.25) is 0 Å². The fraction of sp³-hybridized carbons (Fsp3) is 0.846. The molecular formula is C13H24N2O4. The SMILES string of the molecule is CCC1(C(=O)O)CCN(C(=O)NC(C)CCOC)C1. The second-order valence-corrected chi connectivity index (χ2v) is 5.24. The standard InChI is InChI=1S/C13H24N2O4/c1-4-13(11(16)17)6-7-15(9-13)12(18)14-10(2)5-8-19-3/h10H,4-9H2,1-3H3,(H,14,18)(H,16,17). The van der Waals surface area contributed by atoms with Gasteiger partial charge in [-0.25, -0.2) is 4.79 Å². The molecule has 19 heavy (non-hydrogen) atoms. The lowest BCUT2D eigenvalue weighted by Gasteiger charge is -2.24. The molecule has 110 valence electrons. The van der Waals surface area contributed by atoms with Gasteiger partial charge in [-0.3, -0.25) is 4.79 Å². The molecule has 1 aliphatic heterocycles. The number of carboxylic acid groups (broad SMARTS) is 1. The molecule has 2 unspecified atom stereocenters. The molecule has 2 atom stereocenters. The molecule has 1 rings (SSSR count). The lowest BCUT2D eigenvalue weighted by atomic mass is 9.84. The van der Waals surface area contributed by atoms with Crippen LogP contribution < -0.4 is 5.32 Å². The Morgan fingerprint density at radius 2 is 2.21 bits per heavy atom. The number of carbonyl (C=O) groups excluding carboxylic acids is 1. The zero-order valence-corrected chi connectivity index (χ0v) is 11.9. The number of rotatable bonds is 6. The van der Waals surface area contributed by atoms with E-state index in [9.17, 15) is 14.7 Å². The fourth-order valence-electron chi connectivity index (χ4n) is 2.33. The van der Waals surface area contributed by atoms with Crippen molar-refractivity contribution < 1.29 is 19.4 Å². The van der Waals surface area contributed by atoms with E-state index in [4.69, 9.17) is 4.74 Å². The van der Waals surface area contributed by atoms with Crippen molar-refractivity contribution in [3.63, 3.8) is 0 Å². The van der Waals surface area contributed by atoms with Crippen LogP contribution in [-0.2, 0) is 9.53 Å². The van der Waals surface area contributed by atoms with Crippen LogP contribution in [-0.4, -0.2) is 54.9 Å². The number of methoxy groups -OCH3 is 1. The summed E-state index contributed by atoms with van der Waals surface area (Å²) in [6.45, 7) is 5.16. The van der Waals surface area contributed by atoms with E-state index in [1.165, 1.54) is 0 Å². The molecular weight excluding hydrogens is 248 g/mol. The van der Waals surface area contributed by atoms with Gasteiger partial charge in [-0.1, -0.05) is 6.92 Å². The number of nitrogens with one attached hydrogen (secondary N) is 1. The Labute approximate surface area is 114 Å². The molecule has 1 heterocycles. The van der Waals surface area contributed by atoms with Gasteiger partial charge in [-0.05, 0) is 26.2 Å². The molecule has 6 heteroatoms. The first-order chi connectivity index (χ1) is 8.95. The van der Waals surface area contributed by atoms with Crippen molar-refractivity contribution in [2.24, 2.45) is 5.41 Å². The Hall–Kier alpha value is -1.30. The van der Waals surface area contributed by atoms with Gasteiger partial charge < -0.3 is 20.1 Å². The number of carboxylic acids is 1. The monoisotopic (exact) mass is 272 g/mol. The average molecular weight is 272 g/mol. The zero-order chi connectivity index (χ0) is 14.5. The molecule has 2 N–H and O–H groups in total. The molecule has 0 aromatic rings. The summed E-state index contributed by atoms with van der Waals surface area (Å²) in [5.74, 6) is -0.808. The topological polar surface area (TPSA) is 78.9 Å². The maximum absolute atomic E-state index is 12.0. The summed E-state index contributed by atoms with van der Waals surface area (Å²) in [7, 11) is 1.62. The number of amides is 2. The van der Waals surface area contributed by atoms with Crippen molar-refractivity contribution in [3.8, 4) is 0 Å². The maximum Gasteiger partial charge on any atom is 0.317 e. The summed E-state index contributed by atoms with van der Waals surface area (Å²) in [4.78, 5) is 24.9. The van der Waals surface area contributed by atoms with Crippen LogP contribution in [0.3, 0.4) is 0 Å². The van der Waals surface area contributed by atoms with Gasteiger partial charge >= 0.3 is 12.0 Å². The van der Waals surface area contributed by atoms with Crippen molar-refractivity contribution in [1.82, 2.24) is 10.2 Å². The first-order valence-corrected chi connectivity index (χ1v) is 6.73. The average Bonchev–Trinajstić information content (AvgIpc) is 2.82. The molecule has 2 amide bonds. The van der Waals surface area contributed by atoms with Crippen LogP contribution >= 0.6 is 0 Å². The van der Waals surface area contributed by atoms with Crippen molar-refractivity contribution in [2.45, 2.75) is 39.2 Å². The third-order valence-electron chi connectivity index (χ3n) is 3.90. The molecule has 0 saturated carbocycles. The fourth-order valence-corrected chi connectivity index (χ4v) is 2.33. The number of likely N-dealkylation sites (tertiary alicyclic amines) is 1. The highest BCUT2D eigenvalue weighted by atomic mass is 16.5. The molecule has 1 fully saturated rings. The van der Waals surface area contributed by atoms with Gasteiger partial charge in [0, 0.05) is 32.8 Å². The van der Waals surface area contributed by atoms with Crippen molar-refractivity contribution in [1.29, 1.82) is 0 Å². The number of ether oxygens (including phenoxy) is 1. The molecule has 0 aliphatic carbocycles. The number of hydrogen-bond acceptors (Lipinski definition) is 3. The minimum atomic E-state index is -0.808. The number of aliphatic carboxylic acids is 1. The quantitative estimate of drug-likeness (QED) is 0.764. The largest absolute Gasteiger partial charge is 0.481 e. The first kappa shape index (κ1) is 15.8. The predicted molar refractivity (Wildman–Crippen MR) is 71.0 cm³/mol. The van der Waals surface area contributed by atoms with E-state index in [2.05, 4.69) is 5.32 Å². The molecule has 6 nitrogen and oxygen atoms in total. The summed E-state index contributed by atoms with van der Waals surface area (Å²) in [5.41, 5.74) is -0.771. The van der Waals surface area contributed by atoms with Crippen LogP contribution in [0.4, 0.5) is 4.79 Å². The predicted octanol–water partition coefficient (Wildman–Crippen LogP) is 1.31. The van der Waals surface area contributed by atoms with Gasteiger partial charge in [0.2, 0.25) is 0 Å². The smallest absolute Gasteiger partial charge is 0.317 e. The van der Waals surface area contributed by atoms with E-state index in [0.717, 1.165) is 6.42 Å². The van der Waals surface area contributed by atoms with E-state index < -0.39 is 11.4 Å². The Kier molecular flexibility index (Phi) is 5.60. The van der Waals surface area contributed by atoms with Gasteiger partial charge in [-0.15, -0.1) is 0 Å². The van der Waals surface area contributed by atoms with E-state index in [1.807, 2.05) is 13.8 Å². The zero-order valence-electron chi connectivity index (χ0n) is 11.9. The lowest BCUT2D eigenvalue weighted by molar-refractivity contribution is -0.148. The van der Waals surface area contributed by atoms with Crippen LogP contribution in [0.1, 0.15) is 33.1 Å². The molecule has 0 aromatic heterocycles. The normalized spacial score (nSPS) is 24.3. The molecule has 0 spiro atoms. The van der Waals surface area contributed by atoms with Crippen LogP contribution in [0.25, 0.3) is 0 Å². The molecule has 1 saturated heterocycles. The number of urea groups is 1. The van der Waals surface area contributed by atoms with Crippen molar-refractivity contribution in [3.05, 3.63) is 0 Å². The molecule has 0 radical (unpaired) electrons. The van der Waals surface area contributed by atoms with Gasteiger partial charge in [0.15, 0.2) is 0 Å². The van der Waals surface area contributed by atoms with Crippen LogP contribution in [0.5, 0.6) is 0 Å². The third kappa shape index (κ3) is 3.83. The van der Waals surface area contributed by atoms with Crippen molar-refractivity contribution in [2.75, 3.05) is 26.8 Å². The summed E-state index contributed by atoms with van der Waals surface area (Å²) < 4.78 is 4.96. The van der Waals surface area contributed by atoms with Crippen LogP contribution in [0, 0.1) is 5.41 Å². The number of nitrogens with zero attached hydrogens (tertiary/aromatic N) is 1. The van der Waals surface area contributed by atoms with Crippen LogP contribution in [0.15, 0.2) is 0 Å². The molecule has 0 bridgehead atoms. The second kappa shape index (κ2) is 6.75. The van der Waals surface area contributed by atoms with E-state index in [-0.39, 0.29) is 12.1 Å². The number of carbonyl (C=O) groups is 2. The Morgan fingerprint density at radius 3 is 2.68 bits per heavy atom. The summed E-state index contributed by atoms with van der Waals surface area (Å²) in [6.07, 6.45) is 1.82. The van der Waals surface area contributed by atoms with E-state index >= 15 is 0 Å². The maximum atomic E-state index is 12.0. The highest BCUT2D eigenvalue weighted by molar-refractivity contribution is 5.79. The minimum Gasteiger partial charge on any atom is -0.481 e. The minimum absolute atomic E-state index is 0.0221. The Balaban J connectivity index is 2.50. The molecule has 0 aromatic carbocycles. The van der Waals surface area contributed by atoms with Crippen molar-refractivity contribution >= 4 is 12.0 Å². The summed E-state index contributed by atoms with van der Waals surface area (Å²) >= 11 is 0. The highest BCUT2D eigenvalue weighted by Gasteiger charge is 2.44. The Morgan fingerprint density at radius 1 is 1.53 bits per heavy atom. The van der Waals surface area contributed by atoms with E-state index in [1.54, 1.807) is 12.0 Å².